The summed E-state index contributed by atoms with van der Waals surface area (Å²) in [4.78, 5) is 29.9. The molecule has 1 aromatic carbocycles. The van der Waals surface area contributed by atoms with E-state index in [1.165, 1.54) is 19.3 Å². The van der Waals surface area contributed by atoms with Gasteiger partial charge in [-0.15, -0.1) is 0 Å². The van der Waals surface area contributed by atoms with E-state index in [2.05, 4.69) is 15.6 Å². The van der Waals surface area contributed by atoms with Crippen molar-refractivity contribution in [3.63, 3.8) is 0 Å². The summed E-state index contributed by atoms with van der Waals surface area (Å²) in [6.45, 7) is 0.258. The molecule has 0 spiro atoms. The van der Waals surface area contributed by atoms with Crippen molar-refractivity contribution in [1.82, 2.24) is 15.6 Å². The second-order valence-electron chi connectivity index (χ2n) is 8.67. The van der Waals surface area contributed by atoms with Crippen LogP contribution in [-0.2, 0) is 22.6 Å². The second kappa shape index (κ2) is 12.2. The standard InChI is InChI=1S/C24H31Cl2N5O2/c25-18-8-6-16(10-19(18)26)12-21(24(33)30-14-17-7-9-22(28)29-13-17)31-23(32)20(27)11-15-4-2-1-3-5-15/h6-10,13,15,20-21H,1-5,11-12,14,27H2,(H2,28,29)(H,30,33)(H,31,32)/t20?,21-/m0/s1. The summed E-state index contributed by atoms with van der Waals surface area (Å²) < 4.78 is 0. The van der Waals surface area contributed by atoms with Gasteiger partial charge in [0, 0.05) is 19.2 Å². The van der Waals surface area contributed by atoms with Gasteiger partial charge in [0.05, 0.1) is 16.1 Å². The minimum atomic E-state index is -0.811. The third-order valence-electron chi connectivity index (χ3n) is 6.02. The Kier molecular flexibility index (Phi) is 9.35. The Bertz CT molecular complexity index is 948. The molecule has 2 amide bonds. The third kappa shape index (κ3) is 7.88. The lowest BCUT2D eigenvalue weighted by Crippen LogP contribution is -2.52. The van der Waals surface area contributed by atoms with Crippen molar-refractivity contribution in [2.45, 2.75) is 63.6 Å². The molecule has 2 atom stereocenters. The molecule has 0 saturated heterocycles. The molecule has 1 unspecified atom stereocenters. The number of hydrogen-bond donors (Lipinski definition) is 4. The van der Waals surface area contributed by atoms with E-state index in [4.69, 9.17) is 34.7 Å². The van der Waals surface area contributed by atoms with Gasteiger partial charge in [0.25, 0.3) is 0 Å². The zero-order chi connectivity index (χ0) is 23.8. The summed E-state index contributed by atoms with van der Waals surface area (Å²) in [5.74, 6) is 0.215. The summed E-state index contributed by atoms with van der Waals surface area (Å²) in [5, 5.41) is 6.52. The first-order valence-corrected chi connectivity index (χ1v) is 12.1. The Morgan fingerprint density at radius 1 is 1.03 bits per heavy atom. The van der Waals surface area contributed by atoms with Crippen LogP contribution in [0.1, 0.15) is 49.7 Å². The van der Waals surface area contributed by atoms with Crippen LogP contribution < -0.4 is 22.1 Å². The van der Waals surface area contributed by atoms with Crippen molar-refractivity contribution in [2.75, 3.05) is 5.73 Å². The fraction of sp³-hybridized carbons (Fsp3) is 0.458. The Hall–Kier alpha value is -2.35. The molecule has 0 radical (unpaired) electrons. The molecule has 1 fully saturated rings. The molecule has 2 aromatic rings. The maximum atomic E-state index is 13.0. The zero-order valence-electron chi connectivity index (χ0n) is 18.5. The monoisotopic (exact) mass is 491 g/mol. The van der Waals surface area contributed by atoms with Crippen LogP contribution in [0.3, 0.4) is 0 Å². The molecule has 1 aliphatic rings. The first-order chi connectivity index (χ1) is 15.8. The fourth-order valence-corrected chi connectivity index (χ4v) is 4.45. The molecule has 1 aromatic heterocycles. The van der Waals surface area contributed by atoms with Crippen molar-refractivity contribution in [3.05, 3.63) is 57.7 Å². The Morgan fingerprint density at radius 2 is 1.76 bits per heavy atom. The van der Waals surface area contributed by atoms with E-state index in [1.807, 2.05) is 0 Å². The minimum Gasteiger partial charge on any atom is -0.384 e. The van der Waals surface area contributed by atoms with Gasteiger partial charge < -0.3 is 22.1 Å². The Labute approximate surface area is 204 Å². The summed E-state index contributed by atoms with van der Waals surface area (Å²) in [5.41, 5.74) is 13.4. The summed E-state index contributed by atoms with van der Waals surface area (Å²) >= 11 is 12.2. The first-order valence-electron chi connectivity index (χ1n) is 11.3. The number of nitrogen functional groups attached to an aromatic ring is 1. The molecule has 3 rings (SSSR count). The molecular weight excluding hydrogens is 461 g/mol. The number of anilines is 1. The van der Waals surface area contributed by atoms with E-state index < -0.39 is 12.1 Å². The van der Waals surface area contributed by atoms with Gasteiger partial charge in [-0.05, 0) is 41.7 Å². The number of aromatic nitrogens is 1. The van der Waals surface area contributed by atoms with Gasteiger partial charge in [0.1, 0.15) is 11.9 Å². The van der Waals surface area contributed by atoms with Crippen LogP contribution in [0.25, 0.3) is 0 Å². The second-order valence-corrected chi connectivity index (χ2v) is 9.48. The van der Waals surface area contributed by atoms with Gasteiger partial charge in [0.15, 0.2) is 0 Å². The van der Waals surface area contributed by atoms with Crippen LogP contribution in [0, 0.1) is 5.92 Å². The molecule has 178 valence electrons. The van der Waals surface area contributed by atoms with Gasteiger partial charge in [-0.2, -0.15) is 0 Å². The predicted octanol–water partition coefficient (Wildman–Crippen LogP) is 3.61. The van der Waals surface area contributed by atoms with Gasteiger partial charge in [-0.3, -0.25) is 9.59 Å². The van der Waals surface area contributed by atoms with E-state index in [0.29, 0.717) is 28.2 Å². The quantitative estimate of drug-likeness (QED) is 0.426. The highest BCUT2D eigenvalue weighted by atomic mass is 35.5. The number of hydrogen-bond acceptors (Lipinski definition) is 5. The van der Waals surface area contributed by atoms with Crippen molar-refractivity contribution < 1.29 is 9.59 Å². The van der Waals surface area contributed by atoms with Gasteiger partial charge in [0.2, 0.25) is 11.8 Å². The largest absolute Gasteiger partial charge is 0.384 e. The molecule has 1 saturated carbocycles. The normalized spacial score (nSPS) is 16.1. The van der Waals surface area contributed by atoms with E-state index in [1.54, 1.807) is 36.5 Å². The van der Waals surface area contributed by atoms with Gasteiger partial charge in [-0.25, -0.2) is 4.98 Å². The zero-order valence-corrected chi connectivity index (χ0v) is 20.0. The highest BCUT2D eigenvalue weighted by Crippen LogP contribution is 2.27. The summed E-state index contributed by atoms with van der Waals surface area (Å²) in [6.07, 6.45) is 8.29. The number of nitrogens with one attached hydrogen (secondary N) is 2. The highest BCUT2D eigenvalue weighted by molar-refractivity contribution is 6.42. The summed E-state index contributed by atoms with van der Waals surface area (Å²) in [6, 6.07) is 7.14. The molecule has 1 aliphatic carbocycles. The predicted molar refractivity (Wildman–Crippen MR) is 132 cm³/mol. The van der Waals surface area contributed by atoms with Crippen LogP contribution in [0.15, 0.2) is 36.5 Å². The van der Waals surface area contributed by atoms with E-state index in [0.717, 1.165) is 24.0 Å². The van der Waals surface area contributed by atoms with Crippen molar-refractivity contribution in [3.8, 4) is 0 Å². The molecule has 9 heteroatoms. The highest BCUT2D eigenvalue weighted by Gasteiger charge is 2.26. The number of carbonyl (C=O) groups excluding carboxylic acids is 2. The minimum absolute atomic E-state index is 0.255. The maximum Gasteiger partial charge on any atom is 0.243 e. The van der Waals surface area contributed by atoms with Crippen LogP contribution >= 0.6 is 23.2 Å². The fourth-order valence-electron chi connectivity index (χ4n) is 4.13. The Balaban J connectivity index is 1.66. The molecule has 7 nitrogen and oxygen atoms in total. The van der Waals surface area contributed by atoms with Crippen molar-refractivity contribution in [2.24, 2.45) is 11.7 Å². The lowest BCUT2D eigenvalue weighted by Gasteiger charge is -2.25. The van der Waals surface area contributed by atoms with Crippen LogP contribution in [0.4, 0.5) is 5.82 Å². The number of amides is 2. The molecule has 6 N–H and O–H groups in total. The van der Waals surface area contributed by atoms with Crippen molar-refractivity contribution >= 4 is 40.8 Å². The first kappa shape index (κ1) is 25.3. The lowest BCUT2D eigenvalue weighted by atomic mass is 9.85. The van der Waals surface area contributed by atoms with Crippen LogP contribution in [0.2, 0.25) is 10.0 Å². The van der Waals surface area contributed by atoms with Crippen LogP contribution in [-0.4, -0.2) is 28.9 Å². The number of nitrogens with zero attached hydrogens (tertiary/aromatic N) is 1. The number of pyridine rings is 1. The third-order valence-corrected chi connectivity index (χ3v) is 6.76. The van der Waals surface area contributed by atoms with Crippen LogP contribution in [0.5, 0.6) is 0 Å². The molecule has 0 bridgehead atoms. The maximum absolute atomic E-state index is 13.0. The molecule has 0 aliphatic heterocycles. The number of nitrogens with two attached hydrogens (primary N) is 2. The van der Waals surface area contributed by atoms with Gasteiger partial charge in [-0.1, -0.05) is 67.4 Å². The SMILES string of the molecule is Nc1ccc(CNC(=O)[C@H](Cc2ccc(Cl)c(Cl)c2)NC(=O)C(N)CC2CCCCC2)cn1. The number of rotatable bonds is 9. The molecule has 1 heterocycles. The Morgan fingerprint density at radius 3 is 2.42 bits per heavy atom. The average molecular weight is 492 g/mol. The smallest absolute Gasteiger partial charge is 0.243 e. The van der Waals surface area contributed by atoms with Gasteiger partial charge >= 0.3 is 0 Å². The number of carbonyl (C=O) groups is 2. The van der Waals surface area contributed by atoms with E-state index in [9.17, 15) is 9.59 Å². The van der Waals surface area contributed by atoms with Crippen molar-refractivity contribution in [1.29, 1.82) is 0 Å². The molecular formula is C24H31Cl2N5O2. The molecule has 33 heavy (non-hydrogen) atoms. The topological polar surface area (TPSA) is 123 Å². The van der Waals surface area contributed by atoms with E-state index >= 15 is 0 Å². The lowest BCUT2D eigenvalue weighted by molar-refractivity contribution is -0.129. The summed E-state index contributed by atoms with van der Waals surface area (Å²) in [7, 11) is 0. The number of halogens is 2. The number of benzene rings is 1. The van der Waals surface area contributed by atoms with E-state index in [-0.39, 0.29) is 24.8 Å². The average Bonchev–Trinajstić information content (AvgIpc) is 2.81.